The fourth-order valence-corrected chi connectivity index (χ4v) is 18.8. The number of hydrogen-bond acceptors (Lipinski definition) is 3. The van der Waals surface area contributed by atoms with Crippen LogP contribution in [0.2, 0.25) is 0 Å². The Labute approximate surface area is 642 Å². The molecule has 18 aromatic rings. The van der Waals surface area contributed by atoms with Gasteiger partial charge in [0.1, 0.15) is 0 Å². The fourth-order valence-electron chi connectivity index (χ4n) is 17.5. The van der Waals surface area contributed by atoms with E-state index in [4.69, 9.17) is 0 Å². The van der Waals surface area contributed by atoms with Crippen LogP contribution in [0.4, 0.5) is 34.1 Å². The lowest BCUT2D eigenvalue weighted by atomic mass is 9.73. The highest BCUT2D eigenvalue weighted by atomic mass is 32.1. The summed E-state index contributed by atoms with van der Waals surface area (Å²) in [5, 5.41) is 5.02. The zero-order chi connectivity index (χ0) is 73.2. The first-order valence-corrected chi connectivity index (χ1v) is 39.0. The molecule has 1 unspecified atom stereocenters. The molecule has 0 saturated heterocycles. The molecule has 3 nitrogen and oxygen atoms in total. The lowest BCUT2D eigenvalue weighted by molar-refractivity contribution is 0.591. The van der Waals surface area contributed by atoms with Gasteiger partial charge in [-0.25, -0.2) is 0 Å². The second-order valence-corrected chi connectivity index (χ2v) is 32.6. The van der Waals surface area contributed by atoms with E-state index >= 15 is 0 Å². The Balaban J connectivity index is 0.951. The molecule has 0 radical (unpaired) electrons. The van der Waals surface area contributed by atoms with Crippen LogP contribution in [0, 0.1) is 0 Å². The largest absolute Gasteiger partial charge is 0.310 e. The second kappa shape index (κ2) is 26.0. The van der Waals surface area contributed by atoms with Crippen LogP contribution in [0.15, 0.2) is 364 Å². The molecule has 0 N–H and O–H groups in total. The van der Waals surface area contributed by atoms with Gasteiger partial charge in [-0.05, 0) is 173 Å². The molecule has 0 aliphatic carbocycles. The van der Waals surface area contributed by atoms with Gasteiger partial charge in [0.2, 0.25) is 0 Å². The van der Waals surface area contributed by atoms with E-state index in [1.165, 1.54) is 86.5 Å². The molecule has 20 rings (SSSR count). The minimum atomic E-state index is -0.286. The summed E-state index contributed by atoms with van der Waals surface area (Å²) in [6.45, 7) is 14.1. The summed E-state index contributed by atoms with van der Waals surface area (Å²) < 4.78 is 5.19. The van der Waals surface area contributed by atoms with E-state index in [-0.39, 0.29) is 16.7 Å². The molecule has 0 saturated carbocycles. The Morgan fingerprint density at radius 1 is 0.266 bits per heavy atom. The number of benzene rings is 16. The van der Waals surface area contributed by atoms with Gasteiger partial charge in [-0.15, -0.1) is 11.3 Å². The van der Waals surface area contributed by atoms with Gasteiger partial charge in [0.25, 0.3) is 0 Å². The highest BCUT2D eigenvalue weighted by Crippen LogP contribution is 2.64. The SMILES string of the molecule is CC(C)(C)c1ccc2c3ccc(C(C)(C)C)cc3n(-c3cccc(-c4cccc5c4sc4ccccc45)c3-c3ccc4c(c3)C3c5ccc(-c6ccccc6)cc5N(c5c(-c6ccccc6)cccc5-c5ccccc5)c5cc(-c6ccccc6)cc(c53)N4c3cc(-c4ccccc4)cc(-c4ccccc4)c3)c2c1. The second-order valence-electron chi connectivity index (χ2n) is 31.5. The Morgan fingerprint density at radius 3 is 1.28 bits per heavy atom. The van der Waals surface area contributed by atoms with E-state index < -0.39 is 0 Å². The molecule has 2 aliphatic rings. The van der Waals surface area contributed by atoms with Gasteiger partial charge in [-0.2, -0.15) is 0 Å². The highest BCUT2D eigenvalue weighted by Gasteiger charge is 2.43. The number of anilines is 6. The van der Waals surface area contributed by atoms with E-state index in [1.54, 1.807) is 0 Å². The van der Waals surface area contributed by atoms with Crippen molar-refractivity contribution in [2.45, 2.75) is 58.3 Å². The molecular weight excluding hydrogens is 1340 g/mol. The molecule has 0 spiro atoms. The number of rotatable bonds is 11. The van der Waals surface area contributed by atoms with Crippen molar-refractivity contribution in [2.75, 3.05) is 9.80 Å². The molecule has 2 aliphatic heterocycles. The van der Waals surface area contributed by atoms with Crippen molar-refractivity contribution < 1.29 is 0 Å². The molecule has 2 aromatic heterocycles. The van der Waals surface area contributed by atoms with Crippen LogP contribution in [0.25, 0.3) is 137 Å². The van der Waals surface area contributed by atoms with Gasteiger partial charge < -0.3 is 14.4 Å². The molecule has 16 aromatic carbocycles. The minimum absolute atomic E-state index is 0.113. The van der Waals surface area contributed by atoms with Crippen LogP contribution in [-0.4, -0.2) is 4.57 Å². The summed E-state index contributed by atoms with van der Waals surface area (Å²) in [4.78, 5) is 5.32. The number of nitrogens with zero attached hydrogens (tertiary/aromatic N) is 3. The van der Waals surface area contributed by atoms with Gasteiger partial charge >= 0.3 is 0 Å². The molecule has 0 fully saturated rings. The number of thiophene rings is 1. The van der Waals surface area contributed by atoms with Crippen molar-refractivity contribution in [2.24, 2.45) is 0 Å². The number of aromatic nitrogens is 1. The Hall–Kier alpha value is -12.9. The third-order valence-corrected chi connectivity index (χ3v) is 24.1. The average molecular weight is 1410 g/mol. The average Bonchev–Trinajstić information content (AvgIpc) is 0.955. The van der Waals surface area contributed by atoms with Crippen LogP contribution in [0.3, 0.4) is 0 Å². The van der Waals surface area contributed by atoms with Crippen molar-refractivity contribution in [3.8, 4) is 94.7 Å². The van der Waals surface area contributed by atoms with Crippen LogP contribution < -0.4 is 9.80 Å². The zero-order valence-electron chi connectivity index (χ0n) is 62.0. The monoisotopic (exact) mass is 1410 g/mol. The van der Waals surface area contributed by atoms with E-state index in [9.17, 15) is 0 Å². The maximum absolute atomic E-state index is 2.68. The molecule has 109 heavy (non-hydrogen) atoms. The maximum Gasteiger partial charge on any atom is 0.0618 e. The van der Waals surface area contributed by atoms with E-state index in [0.717, 1.165) is 112 Å². The Morgan fingerprint density at radius 2 is 0.716 bits per heavy atom. The van der Waals surface area contributed by atoms with Gasteiger partial charge in [-0.1, -0.05) is 333 Å². The minimum Gasteiger partial charge on any atom is -0.310 e. The molecule has 520 valence electrons. The molecule has 4 heterocycles. The molecule has 1 atom stereocenters. The maximum atomic E-state index is 2.68. The van der Waals surface area contributed by atoms with Crippen LogP contribution in [0.1, 0.15) is 75.3 Å². The predicted octanol–water partition coefficient (Wildman–Crippen LogP) is 29.8. The van der Waals surface area contributed by atoms with E-state index in [2.05, 4.69) is 420 Å². The standard InChI is InChI=1S/C105H79N3S/c1-104(2,3)78-52-55-83-84-56-53-79(105(4,5)6)66-95(84)107(94(83)65-78)92-48-29-45-86(88-47-28-46-87-85-42-25-26-49-98(85)109-103(87)88)99(92)74-51-57-91-90(61-74)100-89-54-50-73(67-30-13-7-14-31-67)62-93(89)108(102-81(71-38-21-11-22-39-71)43-27-44-82(102)72-40-23-12-24-41-72)97-64-77(70-36-19-10-20-37-70)63-96(101(97)100)106(91)80-59-75(68-32-15-8-16-33-68)58-76(60-80)69-34-17-9-18-35-69/h7-66,100H,1-6H3. The highest BCUT2D eigenvalue weighted by molar-refractivity contribution is 7.26. The van der Waals surface area contributed by atoms with Crippen LogP contribution in [0.5, 0.6) is 0 Å². The van der Waals surface area contributed by atoms with E-state index in [0.29, 0.717) is 0 Å². The van der Waals surface area contributed by atoms with Crippen LogP contribution >= 0.6 is 11.3 Å². The van der Waals surface area contributed by atoms with Gasteiger partial charge in [0.15, 0.2) is 0 Å². The summed E-state index contributed by atoms with van der Waals surface area (Å²) in [6, 6.07) is 138. The first kappa shape index (κ1) is 65.6. The first-order chi connectivity index (χ1) is 53.3. The number of para-hydroxylation sites is 1. The summed E-state index contributed by atoms with van der Waals surface area (Å²) in [6.07, 6.45) is 0. The predicted molar refractivity (Wildman–Crippen MR) is 465 cm³/mol. The summed E-state index contributed by atoms with van der Waals surface area (Å²) >= 11 is 1.90. The van der Waals surface area contributed by atoms with Gasteiger partial charge in [0, 0.05) is 70.4 Å². The fraction of sp³-hybridized carbons (Fsp3) is 0.0857. The number of hydrogen-bond donors (Lipinski definition) is 0. The van der Waals surface area contributed by atoms with Crippen molar-refractivity contribution >= 4 is 87.4 Å². The summed E-state index contributed by atoms with van der Waals surface area (Å²) in [7, 11) is 0. The van der Waals surface area contributed by atoms with E-state index in [1.807, 2.05) is 11.3 Å². The number of fused-ring (bicyclic) bond motifs is 10. The van der Waals surface area contributed by atoms with Crippen LogP contribution in [-0.2, 0) is 10.8 Å². The Bertz CT molecular complexity index is 6410. The third-order valence-electron chi connectivity index (χ3n) is 22.9. The van der Waals surface area contributed by atoms with Gasteiger partial charge in [-0.3, -0.25) is 0 Å². The molecular formula is C105H79N3S. The summed E-state index contributed by atoms with van der Waals surface area (Å²) in [5.41, 5.74) is 34.6. The topological polar surface area (TPSA) is 11.4 Å². The lowest BCUT2D eigenvalue weighted by Crippen LogP contribution is -2.30. The Kier molecular flexibility index (Phi) is 15.6. The van der Waals surface area contributed by atoms with Crippen molar-refractivity contribution in [1.29, 1.82) is 0 Å². The zero-order valence-corrected chi connectivity index (χ0v) is 62.8. The van der Waals surface area contributed by atoms with Crippen molar-refractivity contribution in [3.05, 3.63) is 392 Å². The third kappa shape index (κ3) is 11.1. The molecule has 0 amide bonds. The first-order valence-electron chi connectivity index (χ1n) is 38.1. The molecule has 0 bridgehead atoms. The van der Waals surface area contributed by atoms with Crippen molar-refractivity contribution in [1.82, 2.24) is 4.57 Å². The van der Waals surface area contributed by atoms with Crippen molar-refractivity contribution in [3.63, 3.8) is 0 Å². The lowest BCUT2D eigenvalue weighted by Gasteiger charge is -2.46. The van der Waals surface area contributed by atoms with Gasteiger partial charge in [0.05, 0.1) is 45.2 Å². The quantitative estimate of drug-likeness (QED) is 0.128. The smallest absolute Gasteiger partial charge is 0.0618 e. The summed E-state index contributed by atoms with van der Waals surface area (Å²) in [5.74, 6) is -0.286. The normalized spacial score (nSPS) is 13.3. The molecule has 4 heteroatoms.